The fourth-order valence-electron chi connectivity index (χ4n) is 2.90. The van der Waals surface area contributed by atoms with E-state index in [-0.39, 0.29) is 0 Å². The summed E-state index contributed by atoms with van der Waals surface area (Å²) in [5.74, 6) is 0. The monoisotopic (exact) mass is 263 g/mol. The van der Waals surface area contributed by atoms with Crippen LogP contribution in [0, 0.1) is 0 Å². The van der Waals surface area contributed by atoms with E-state index < -0.39 is 0 Å². The van der Waals surface area contributed by atoms with Crippen molar-refractivity contribution in [2.75, 3.05) is 0 Å². The molecule has 0 atom stereocenters. The minimum atomic E-state index is 0.499. The van der Waals surface area contributed by atoms with Crippen LogP contribution in [0.25, 0.3) is 0 Å². The molecule has 2 aromatic rings. The van der Waals surface area contributed by atoms with Crippen molar-refractivity contribution in [1.29, 1.82) is 0 Å². The van der Waals surface area contributed by atoms with Crippen LogP contribution in [0.5, 0.6) is 0 Å². The molecule has 1 heteroatoms. The zero-order valence-corrected chi connectivity index (χ0v) is 11.8. The highest BCUT2D eigenvalue weighted by Gasteiger charge is 2.14. The molecule has 0 bridgehead atoms. The van der Waals surface area contributed by atoms with Gasteiger partial charge in [0.1, 0.15) is 0 Å². The molecule has 3 rings (SSSR count). The number of hydrogen-bond acceptors (Lipinski definition) is 1. The summed E-state index contributed by atoms with van der Waals surface area (Å²) in [6, 6.07) is 21.6. The maximum atomic E-state index is 5.09. The number of rotatable bonds is 3. The van der Waals surface area contributed by atoms with Crippen LogP contribution in [0.15, 0.2) is 65.7 Å². The van der Waals surface area contributed by atoms with Gasteiger partial charge in [-0.2, -0.15) is 0 Å². The molecule has 1 aliphatic rings. The maximum absolute atomic E-state index is 5.09. The molecule has 102 valence electrons. The lowest BCUT2D eigenvalue weighted by atomic mass is 9.94. The van der Waals surface area contributed by atoms with Crippen LogP contribution in [0.3, 0.4) is 0 Å². The molecule has 0 amide bonds. The summed E-state index contributed by atoms with van der Waals surface area (Å²) in [5, 5.41) is 0. The lowest BCUT2D eigenvalue weighted by Gasteiger charge is -2.19. The third kappa shape index (κ3) is 3.16. The van der Waals surface area contributed by atoms with Crippen molar-refractivity contribution in [3.63, 3.8) is 0 Å². The van der Waals surface area contributed by atoms with Gasteiger partial charge in [-0.25, -0.2) is 0 Å². The van der Waals surface area contributed by atoms with Gasteiger partial charge in [0.15, 0.2) is 0 Å². The molecule has 1 saturated carbocycles. The first kappa shape index (κ1) is 13.1. The van der Waals surface area contributed by atoms with Crippen LogP contribution in [0.2, 0.25) is 0 Å². The Labute approximate surface area is 121 Å². The molecule has 1 fully saturated rings. The highest BCUT2D eigenvalue weighted by Crippen LogP contribution is 2.22. The van der Waals surface area contributed by atoms with Gasteiger partial charge in [0.25, 0.3) is 0 Å². The maximum Gasteiger partial charge on any atom is 0.0722 e. The van der Waals surface area contributed by atoms with Crippen molar-refractivity contribution in [3.05, 3.63) is 71.8 Å². The molecule has 0 N–H and O–H groups in total. The molecule has 0 aromatic heterocycles. The van der Waals surface area contributed by atoms with E-state index in [1.807, 2.05) is 0 Å². The fourth-order valence-corrected chi connectivity index (χ4v) is 2.90. The van der Waals surface area contributed by atoms with E-state index in [1.54, 1.807) is 0 Å². The molecule has 1 aliphatic carbocycles. The van der Waals surface area contributed by atoms with Gasteiger partial charge in [-0.1, -0.05) is 79.9 Å². The van der Waals surface area contributed by atoms with Crippen LogP contribution in [0.4, 0.5) is 0 Å². The van der Waals surface area contributed by atoms with Gasteiger partial charge in [0.2, 0.25) is 0 Å². The normalized spacial score (nSPS) is 15.8. The van der Waals surface area contributed by atoms with E-state index in [0.717, 1.165) is 5.71 Å². The van der Waals surface area contributed by atoms with Gasteiger partial charge < -0.3 is 0 Å². The lowest BCUT2D eigenvalue weighted by Crippen LogP contribution is -2.14. The number of benzene rings is 2. The Hall–Kier alpha value is -1.89. The predicted octanol–water partition coefficient (Wildman–Crippen LogP) is 4.86. The van der Waals surface area contributed by atoms with Crippen LogP contribution in [-0.2, 0) is 0 Å². The zero-order valence-electron chi connectivity index (χ0n) is 11.8. The molecule has 0 radical (unpaired) electrons. The highest BCUT2D eigenvalue weighted by molar-refractivity contribution is 6.12. The number of hydrogen-bond donors (Lipinski definition) is 0. The summed E-state index contributed by atoms with van der Waals surface area (Å²) in [6.45, 7) is 0. The van der Waals surface area contributed by atoms with Crippen molar-refractivity contribution < 1.29 is 0 Å². The Morgan fingerprint density at radius 3 is 1.70 bits per heavy atom. The summed E-state index contributed by atoms with van der Waals surface area (Å²) in [6.07, 6.45) is 6.50. The van der Waals surface area contributed by atoms with Crippen molar-refractivity contribution >= 4 is 5.71 Å². The van der Waals surface area contributed by atoms with Crippen molar-refractivity contribution in [2.45, 2.75) is 38.1 Å². The zero-order chi connectivity index (χ0) is 13.6. The van der Waals surface area contributed by atoms with E-state index in [4.69, 9.17) is 4.99 Å². The topological polar surface area (TPSA) is 12.4 Å². The molecule has 0 aliphatic heterocycles. The van der Waals surface area contributed by atoms with E-state index >= 15 is 0 Å². The van der Waals surface area contributed by atoms with Gasteiger partial charge in [0.05, 0.1) is 11.8 Å². The van der Waals surface area contributed by atoms with Gasteiger partial charge >= 0.3 is 0 Å². The van der Waals surface area contributed by atoms with Crippen LogP contribution >= 0.6 is 0 Å². The minimum Gasteiger partial charge on any atom is -0.281 e. The molecular formula is C19H21N. The molecule has 0 spiro atoms. The van der Waals surface area contributed by atoms with E-state index in [0.29, 0.717) is 6.04 Å². The third-order valence-electron chi connectivity index (χ3n) is 3.98. The average Bonchev–Trinajstić information content (AvgIpc) is 2.55. The second-order valence-electron chi connectivity index (χ2n) is 5.50. The molecule has 20 heavy (non-hydrogen) atoms. The summed E-state index contributed by atoms with van der Waals surface area (Å²) in [4.78, 5) is 5.09. The van der Waals surface area contributed by atoms with Crippen molar-refractivity contribution in [3.8, 4) is 0 Å². The number of aliphatic imine (C=N–C) groups is 1. The summed E-state index contributed by atoms with van der Waals surface area (Å²) >= 11 is 0. The summed E-state index contributed by atoms with van der Waals surface area (Å²) < 4.78 is 0. The van der Waals surface area contributed by atoms with E-state index in [1.165, 1.54) is 43.2 Å². The average molecular weight is 263 g/mol. The molecule has 1 nitrogen and oxygen atoms in total. The third-order valence-corrected chi connectivity index (χ3v) is 3.98. The first-order valence-electron chi connectivity index (χ1n) is 7.62. The first-order valence-corrected chi connectivity index (χ1v) is 7.62. The highest BCUT2D eigenvalue weighted by atomic mass is 14.8. The quantitative estimate of drug-likeness (QED) is 0.701. The Kier molecular flexibility index (Phi) is 4.27. The standard InChI is InChI=1S/C19H21N/c1-4-10-16(11-5-1)19(17-12-6-2-7-13-17)20-18-14-8-3-9-15-18/h1-2,4-7,10-13,18H,3,8-9,14-15H2. The minimum absolute atomic E-state index is 0.499. The molecule has 0 saturated heterocycles. The molecule has 2 aromatic carbocycles. The van der Waals surface area contributed by atoms with E-state index in [9.17, 15) is 0 Å². The fraction of sp³-hybridized carbons (Fsp3) is 0.316. The SMILES string of the molecule is c1ccc(C(=NC2CCCCC2)c2ccccc2)cc1. The Bertz CT molecular complexity index is 509. The largest absolute Gasteiger partial charge is 0.281 e. The molecule has 0 unspecified atom stereocenters. The van der Waals surface area contributed by atoms with Crippen LogP contribution in [0.1, 0.15) is 43.2 Å². The first-order chi connectivity index (χ1) is 9.93. The van der Waals surface area contributed by atoms with Gasteiger partial charge in [-0.05, 0) is 12.8 Å². The lowest BCUT2D eigenvalue weighted by molar-refractivity contribution is 0.443. The Balaban J connectivity index is 1.97. The summed E-state index contributed by atoms with van der Waals surface area (Å²) in [5.41, 5.74) is 3.60. The van der Waals surface area contributed by atoms with Gasteiger partial charge in [-0.15, -0.1) is 0 Å². The molecule has 0 heterocycles. The molecular weight excluding hydrogens is 242 g/mol. The smallest absolute Gasteiger partial charge is 0.0722 e. The van der Waals surface area contributed by atoms with Crippen molar-refractivity contribution in [1.82, 2.24) is 0 Å². The predicted molar refractivity (Wildman–Crippen MR) is 85.4 cm³/mol. The van der Waals surface area contributed by atoms with Crippen molar-refractivity contribution in [2.24, 2.45) is 4.99 Å². The van der Waals surface area contributed by atoms with Crippen LogP contribution < -0.4 is 0 Å². The second kappa shape index (κ2) is 6.51. The Morgan fingerprint density at radius 1 is 0.700 bits per heavy atom. The summed E-state index contributed by atoms with van der Waals surface area (Å²) in [7, 11) is 0. The van der Waals surface area contributed by atoms with Gasteiger partial charge in [-0.3, -0.25) is 4.99 Å². The van der Waals surface area contributed by atoms with Gasteiger partial charge in [0, 0.05) is 11.1 Å². The number of nitrogens with zero attached hydrogens (tertiary/aromatic N) is 1. The van der Waals surface area contributed by atoms with E-state index in [2.05, 4.69) is 60.7 Å². The second-order valence-corrected chi connectivity index (χ2v) is 5.50. The van der Waals surface area contributed by atoms with Crippen LogP contribution in [-0.4, -0.2) is 11.8 Å². The Morgan fingerprint density at radius 2 is 1.20 bits per heavy atom.